The van der Waals surface area contributed by atoms with E-state index in [1.165, 1.54) is 7.11 Å². The Labute approximate surface area is 124 Å². The Kier molecular flexibility index (Phi) is 7.93. The van der Waals surface area contributed by atoms with Gasteiger partial charge in [0.1, 0.15) is 18.8 Å². The van der Waals surface area contributed by atoms with Gasteiger partial charge in [0.05, 0.1) is 5.92 Å². The molecule has 0 saturated heterocycles. The Morgan fingerprint density at radius 3 is 1.71 bits per heavy atom. The van der Waals surface area contributed by atoms with Crippen molar-refractivity contribution in [2.24, 2.45) is 5.92 Å². The molecule has 0 aliphatic rings. The van der Waals surface area contributed by atoms with E-state index in [0.29, 0.717) is 0 Å². The van der Waals surface area contributed by atoms with Gasteiger partial charge in [0.15, 0.2) is 5.78 Å². The molecule has 1 atom stereocenters. The van der Waals surface area contributed by atoms with Crippen LogP contribution in [0.2, 0.25) is 0 Å². The van der Waals surface area contributed by atoms with Gasteiger partial charge in [-0.3, -0.25) is 4.79 Å². The maximum atomic E-state index is 11.8. The minimum atomic E-state index is -1.32. The van der Waals surface area contributed by atoms with E-state index < -0.39 is 23.5 Å². The molecule has 6 nitrogen and oxygen atoms in total. The average molecular weight is 296 g/mol. The van der Waals surface area contributed by atoms with E-state index in [0.717, 1.165) is 18.2 Å². The lowest BCUT2D eigenvalue weighted by Gasteiger charge is -2.35. The average Bonchev–Trinajstić information content (AvgIpc) is 2.53. The highest BCUT2D eigenvalue weighted by molar-refractivity contribution is 5.92. The normalized spacial score (nSPS) is 11.9. The number of carbonyl (C=O) groups is 3. The summed E-state index contributed by atoms with van der Waals surface area (Å²) in [6.45, 7) is 11.0. The Bertz CT molecular complexity index is 413. The van der Waals surface area contributed by atoms with Crippen LogP contribution in [-0.2, 0) is 28.6 Å². The van der Waals surface area contributed by atoms with Crippen LogP contribution in [0.1, 0.15) is 6.92 Å². The largest absolute Gasteiger partial charge is 0.459 e. The summed E-state index contributed by atoms with van der Waals surface area (Å²) in [5, 5.41) is 0. The van der Waals surface area contributed by atoms with Crippen LogP contribution in [0, 0.1) is 5.92 Å². The molecule has 0 fully saturated rings. The molecule has 0 N–H and O–H groups in total. The second-order valence-corrected chi connectivity index (χ2v) is 4.22. The summed E-state index contributed by atoms with van der Waals surface area (Å²) in [5.41, 5.74) is -1.32. The van der Waals surface area contributed by atoms with Crippen LogP contribution in [0.5, 0.6) is 0 Å². The van der Waals surface area contributed by atoms with Crippen LogP contribution < -0.4 is 0 Å². The van der Waals surface area contributed by atoms with Crippen LogP contribution in [0.3, 0.4) is 0 Å². The molecule has 6 heteroatoms. The standard InChI is InChI=1S/C15H20O6/c1-6-12(16)11(4)15(19-5,9-20-13(17)7-2)10-21-14(18)8-3/h6-8,11H,1-3,9-10H2,4-5H3. The number of ether oxygens (including phenoxy) is 3. The van der Waals surface area contributed by atoms with Crippen molar-refractivity contribution in [1.29, 1.82) is 0 Å². The second-order valence-electron chi connectivity index (χ2n) is 4.22. The highest BCUT2D eigenvalue weighted by Gasteiger charge is 2.42. The number of methoxy groups -OCH3 is 1. The molecule has 0 aromatic rings. The number of ketones is 1. The van der Waals surface area contributed by atoms with Crippen molar-refractivity contribution in [3.63, 3.8) is 0 Å². The van der Waals surface area contributed by atoms with Crippen molar-refractivity contribution in [3.05, 3.63) is 38.0 Å². The first-order chi connectivity index (χ1) is 9.86. The van der Waals surface area contributed by atoms with E-state index >= 15 is 0 Å². The summed E-state index contributed by atoms with van der Waals surface area (Å²) in [5.74, 6) is -2.43. The Hall–Kier alpha value is -2.21. The quantitative estimate of drug-likeness (QED) is 0.445. The van der Waals surface area contributed by atoms with Gasteiger partial charge in [0.25, 0.3) is 0 Å². The number of hydrogen-bond donors (Lipinski definition) is 0. The van der Waals surface area contributed by atoms with Crippen molar-refractivity contribution >= 4 is 17.7 Å². The van der Waals surface area contributed by atoms with Gasteiger partial charge in [0, 0.05) is 19.3 Å². The van der Waals surface area contributed by atoms with Crippen LogP contribution >= 0.6 is 0 Å². The number of esters is 2. The zero-order valence-electron chi connectivity index (χ0n) is 12.3. The van der Waals surface area contributed by atoms with Gasteiger partial charge in [-0.1, -0.05) is 26.7 Å². The van der Waals surface area contributed by atoms with Gasteiger partial charge in [-0.05, 0) is 6.08 Å². The summed E-state index contributed by atoms with van der Waals surface area (Å²) >= 11 is 0. The van der Waals surface area contributed by atoms with Crippen molar-refractivity contribution in [3.8, 4) is 0 Å². The smallest absolute Gasteiger partial charge is 0.330 e. The van der Waals surface area contributed by atoms with E-state index in [1.807, 2.05) is 0 Å². The van der Waals surface area contributed by atoms with Crippen molar-refractivity contribution in [1.82, 2.24) is 0 Å². The zero-order chi connectivity index (χ0) is 16.5. The Balaban J connectivity index is 5.24. The monoisotopic (exact) mass is 296 g/mol. The molecule has 116 valence electrons. The molecular weight excluding hydrogens is 276 g/mol. The molecule has 1 unspecified atom stereocenters. The summed E-state index contributed by atoms with van der Waals surface area (Å²) in [7, 11) is 1.33. The first kappa shape index (κ1) is 18.8. The molecule has 0 heterocycles. The molecule has 0 bridgehead atoms. The molecule has 0 aliphatic carbocycles. The highest BCUT2D eigenvalue weighted by atomic mass is 16.6. The molecule has 0 radical (unpaired) electrons. The van der Waals surface area contributed by atoms with Gasteiger partial charge in [0.2, 0.25) is 0 Å². The van der Waals surface area contributed by atoms with Crippen LogP contribution in [0.25, 0.3) is 0 Å². The molecule has 0 rings (SSSR count). The van der Waals surface area contributed by atoms with Crippen molar-refractivity contribution in [2.45, 2.75) is 12.5 Å². The van der Waals surface area contributed by atoms with E-state index in [2.05, 4.69) is 19.7 Å². The fourth-order valence-corrected chi connectivity index (χ4v) is 1.53. The lowest BCUT2D eigenvalue weighted by Crippen LogP contribution is -2.51. The third kappa shape index (κ3) is 5.35. The van der Waals surface area contributed by atoms with Crippen molar-refractivity contribution in [2.75, 3.05) is 20.3 Å². The van der Waals surface area contributed by atoms with E-state index in [-0.39, 0.29) is 19.0 Å². The number of hydrogen-bond acceptors (Lipinski definition) is 6. The Morgan fingerprint density at radius 1 is 1.00 bits per heavy atom. The van der Waals surface area contributed by atoms with Gasteiger partial charge in [-0.25, -0.2) is 9.59 Å². The maximum Gasteiger partial charge on any atom is 0.330 e. The molecule has 0 saturated carbocycles. The van der Waals surface area contributed by atoms with Gasteiger partial charge >= 0.3 is 11.9 Å². The van der Waals surface area contributed by atoms with E-state index in [9.17, 15) is 14.4 Å². The third-order valence-electron chi connectivity index (χ3n) is 3.07. The maximum absolute atomic E-state index is 11.8. The minimum absolute atomic E-state index is 0.278. The second kappa shape index (κ2) is 8.86. The predicted octanol–water partition coefficient (Wildman–Crippen LogP) is 1.22. The summed E-state index contributed by atoms with van der Waals surface area (Å²) < 4.78 is 15.2. The highest BCUT2D eigenvalue weighted by Crippen LogP contribution is 2.24. The lowest BCUT2D eigenvalue weighted by molar-refractivity contribution is -0.173. The van der Waals surface area contributed by atoms with Crippen LogP contribution in [0.4, 0.5) is 0 Å². The predicted molar refractivity (Wildman–Crippen MR) is 76.4 cm³/mol. The third-order valence-corrected chi connectivity index (χ3v) is 3.07. The van der Waals surface area contributed by atoms with Gasteiger partial charge in [-0.2, -0.15) is 0 Å². The van der Waals surface area contributed by atoms with E-state index in [1.54, 1.807) is 6.92 Å². The fourth-order valence-electron chi connectivity index (χ4n) is 1.53. The van der Waals surface area contributed by atoms with Crippen molar-refractivity contribution < 1.29 is 28.6 Å². The first-order valence-corrected chi connectivity index (χ1v) is 6.16. The summed E-state index contributed by atoms with van der Waals surface area (Å²) in [6.07, 6.45) is 3.09. The number of allylic oxidation sites excluding steroid dienone is 1. The van der Waals surface area contributed by atoms with Gasteiger partial charge < -0.3 is 14.2 Å². The fraction of sp³-hybridized carbons (Fsp3) is 0.400. The summed E-state index contributed by atoms with van der Waals surface area (Å²) in [6, 6.07) is 0. The SMILES string of the molecule is C=CC(=O)OCC(COC(=O)C=C)(OC)C(C)C(=O)C=C. The minimum Gasteiger partial charge on any atom is -0.459 e. The molecular formula is C15H20O6. The van der Waals surface area contributed by atoms with Crippen LogP contribution in [-0.4, -0.2) is 43.6 Å². The van der Waals surface area contributed by atoms with Gasteiger partial charge in [-0.15, -0.1) is 0 Å². The molecule has 0 aromatic carbocycles. The molecule has 21 heavy (non-hydrogen) atoms. The molecule has 0 aromatic heterocycles. The topological polar surface area (TPSA) is 78.9 Å². The first-order valence-electron chi connectivity index (χ1n) is 6.16. The zero-order valence-corrected chi connectivity index (χ0v) is 12.3. The lowest BCUT2D eigenvalue weighted by atomic mass is 9.86. The Morgan fingerprint density at radius 2 is 1.43 bits per heavy atom. The molecule has 0 aliphatic heterocycles. The van der Waals surface area contributed by atoms with E-state index in [4.69, 9.17) is 14.2 Å². The summed E-state index contributed by atoms with van der Waals surface area (Å²) in [4.78, 5) is 34.2. The number of rotatable bonds is 10. The molecule has 0 amide bonds. The number of carbonyl (C=O) groups excluding carboxylic acids is 3. The van der Waals surface area contributed by atoms with Crippen LogP contribution in [0.15, 0.2) is 38.0 Å². The molecule has 0 spiro atoms.